The van der Waals surface area contributed by atoms with E-state index >= 15 is 0 Å². The van der Waals surface area contributed by atoms with Crippen LogP contribution in [-0.4, -0.2) is 55.4 Å². The fourth-order valence-corrected chi connectivity index (χ4v) is 3.59. The Hall–Kier alpha value is -1.96. The molecule has 26 heavy (non-hydrogen) atoms. The molecule has 1 atom stereocenters. The second-order valence-electron chi connectivity index (χ2n) is 6.34. The topological polar surface area (TPSA) is 63.7 Å². The van der Waals surface area contributed by atoms with E-state index in [0.29, 0.717) is 19.7 Å². The molecular formula is C19H25N3O3S. The molecule has 0 aliphatic carbocycles. The number of amides is 2. The minimum absolute atomic E-state index is 0.113. The van der Waals surface area contributed by atoms with Crippen LogP contribution in [-0.2, 0) is 9.47 Å². The maximum Gasteiger partial charge on any atom is 0.322 e. The second-order valence-corrected chi connectivity index (χ2v) is 7.40. The summed E-state index contributed by atoms with van der Waals surface area (Å²) in [7, 11) is 1.64. The summed E-state index contributed by atoms with van der Waals surface area (Å²) in [6, 6.07) is 7.64. The van der Waals surface area contributed by atoms with Gasteiger partial charge in [-0.3, -0.25) is 0 Å². The van der Waals surface area contributed by atoms with E-state index in [1.54, 1.807) is 23.3 Å². The number of hydrogen-bond donors (Lipinski definition) is 1. The van der Waals surface area contributed by atoms with Crippen LogP contribution in [0.25, 0.3) is 11.3 Å². The summed E-state index contributed by atoms with van der Waals surface area (Å²) in [6.07, 6.45) is 2.16. The molecular weight excluding hydrogens is 350 g/mol. The van der Waals surface area contributed by atoms with Crippen LogP contribution in [0, 0.1) is 6.92 Å². The second kappa shape index (κ2) is 9.12. The molecule has 2 heterocycles. The van der Waals surface area contributed by atoms with Crippen LogP contribution in [0.4, 0.5) is 10.5 Å². The highest BCUT2D eigenvalue weighted by Gasteiger charge is 2.22. The van der Waals surface area contributed by atoms with E-state index in [9.17, 15) is 4.79 Å². The zero-order valence-corrected chi connectivity index (χ0v) is 16.1. The van der Waals surface area contributed by atoms with Crippen molar-refractivity contribution in [3.05, 3.63) is 34.7 Å². The van der Waals surface area contributed by atoms with Crippen LogP contribution in [0.2, 0.25) is 0 Å². The summed E-state index contributed by atoms with van der Waals surface area (Å²) in [4.78, 5) is 19.0. The van der Waals surface area contributed by atoms with E-state index in [2.05, 4.69) is 10.3 Å². The van der Waals surface area contributed by atoms with Crippen molar-refractivity contribution in [1.82, 2.24) is 9.88 Å². The predicted molar refractivity (Wildman–Crippen MR) is 104 cm³/mol. The van der Waals surface area contributed by atoms with Gasteiger partial charge in [0.25, 0.3) is 0 Å². The van der Waals surface area contributed by atoms with Gasteiger partial charge in [0.1, 0.15) is 0 Å². The average Bonchev–Trinajstić information content (AvgIpc) is 3.30. The van der Waals surface area contributed by atoms with Crippen molar-refractivity contribution in [3.8, 4) is 11.3 Å². The number of nitrogens with one attached hydrogen (secondary N) is 1. The molecule has 1 N–H and O–H groups in total. The van der Waals surface area contributed by atoms with Gasteiger partial charge in [0.15, 0.2) is 0 Å². The van der Waals surface area contributed by atoms with Crippen LogP contribution in [0.5, 0.6) is 0 Å². The molecule has 0 radical (unpaired) electrons. The number of carbonyl (C=O) groups is 1. The van der Waals surface area contributed by atoms with E-state index in [-0.39, 0.29) is 12.1 Å². The highest BCUT2D eigenvalue weighted by molar-refractivity contribution is 7.09. The molecule has 0 spiro atoms. The van der Waals surface area contributed by atoms with Gasteiger partial charge in [-0.1, -0.05) is 12.1 Å². The quantitative estimate of drug-likeness (QED) is 0.800. The summed E-state index contributed by atoms with van der Waals surface area (Å²) in [5.74, 6) is 0. The van der Waals surface area contributed by atoms with Crippen molar-refractivity contribution < 1.29 is 14.3 Å². The minimum atomic E-state index is -0.135. The van der Waals surface area contributed by atoms with E-state index in [0.717, 1.165) is 41.4 Å². The summed E-state index contributed by atoms with van der Waals surface area (Å²) < 4.78 is 10.8. The normalized spacial score (nSPS) is 16.6. The zero-order chi connectivity index (χ0) is 18.4. The lowest BCUT2D eigenvalue weighted by atomic mass is 10.1. The Kier molecular flexibility index (Phi) is 6.60. The number of benzene rings is 1. The molecule has 7 heteroatoms. The van der Waals surface area contributed by atoms with Crippen LogP contribution >= 0.6 is 11.3 Å². The number of methoxy groups -OCH3 is 1. The molecule has 6 nitrogen and oxygen atoms in total. The fraction of sp³-hybridized carbons (Fsp3) is 0.474. The van der Waals surface area contributed by atoms with Gasteiger partial charge in [-0.25, -0.2) is 9.78 Å². The average molecular weight is 375 g/mol. The SMILES string of the molecule is COCCN(C[C@H]1CCCO1)C(=O)Nc1cccc(-c2csc(C)n2)c1. The molecule has 0 saturated carbocycles. The third kappa shape index (κ3) is 5.03. The molecule has 1 saturated heterocycles. The van der Waals surface area contributed by atoms with Crippen molar-refractivity contribution in [2.75, 3.05) is 38.7 Å². The van der Waals surface area contributed by atoms with Crippen LogP contribution in [0.15, 0.2) is 29.6 Å². The molecule has 0 bridgehead atoms. The van der Waals surface area contributed by atoms with E-state index in [1.165, 1.54) is 0 Å². The number of aryl methyl sites for hydroxylation is 1. The first-order valence-corrected chi connectivity index (χ1v) is 9.72. The standard InChI is InChI=1S/C19H25N3O3S/c1-14-20-18(13-26-14)15-5-3-6-16(11-15)21-19(23)22(8-10-24-2)12-17-7-4-9-25-17/h3,5-6,11,13,17H,4,7-10,12H2,1-2H3,(H,21,23)/t17-/m1/s1. The van der Waals surface area contributed by atoms with Crippen molar-refractivity contribution in [2.45, 2.75) is 25.9 Å². The van der Waals surface area contributed by atoms with Gasteiger partial charge >= 0.3 is 6.03 Å². The Labute approximate surface area is 158 Å². The minimum Gasteiger partial charge on any atom is -0.383 e. The molecule has 1 aliphatic rings. The summed E-state index contributed by atoms with van der Waals surface area (Å²) >= 11 is 1.62. The molecule has 140 valence electrons. The van der Waals surface area contributed by atoms with Crippen molar-refractivity contribution in [1.29, 1.82) is 0 Å². The number of urea groups is 1. The first-order valence-electron chi connectivity index (χ1n) is 8.85. The lowest BCUT2D eigenvalue weighted by Crippen LogP contribution is -2.42. The largest absolute Gasteiger partial charge is 0.383 e. The van der Waals surface area contributed by atoms with Gasteiger partial charge in [0.2, 0.25) is 0 Å². The third-order valence-electron chi connectivity index (χ3n) is 4.33. The predicted octanol–water partition coefficient (Wildman–Crippen LogP) is 3.78. The van der Waals surface area contributed by atoms with Crippen LogP contribution in [0.1, 0.15) is 17.8 Å². The lowest BCUT2D eigenvalue weighted by Gasteiger charge is -2.25. The maximum absolute atomic E-state index is 12.7. The van der Waals surface area contributed by atoms with Gasteiger partial charge in [-0.15, -0.1) is 11.3 Å². The molecule has 1 aromatic heterocycles. The van der Waals surface area contributed by atoms with Crippen molar-refractivity contribution in [3.63, 3.8) is 0 Å². The monoisotopic (exact) mass is 375 g/mol. The molecule has 1 fully saturated rings. The van der Waals surface area contributed by atoms with Crippen LogP contribution < -0.4 is 5.32 Å². The molecule has 1 aliphatic heterocycles. The number of ether oxygens (including phenoxy) is 2. The number of rotatable bonds is 7. The summed E-state index contributed by atoms with van der Waals surface area (Å²) in [5.41, 5.74) is 2.68. The van der Waals surface area contributed by atoms with Crippen LogP contribution in [0.3, 0.4) is 0 Å². The molecule has 2 amide bonds. The number of carbonyl (C=O) groups excluding carboxylic acids is 1. The Balaban J connectivity index is 1.67. The van der Waals surface area contributed by atoms with Crippen molar-refractivity contribution >= 4 is 23.1 Å². The van der Waals surface area contributed by atoms with E-state index in [1.807, 2.05) is 36.6 Å². The Morgan fingerprint density at radius 1 is 1.50 bits per heavy atom. The number of hydrogen-bond acceptors (Lipinski definition) is 5. The van der Waals surface area contributed by atoms with E-state index in [4.69, 9.17) is 9.47 Å². The van der Waals surface area contributed by atoms with Gasteiger partial charge < -0.3 is 19.7 Å². The molecule has 0 unspecified atom stereocenters. The highest BCUT2D eigenvalue weighted by atomic mass is 32.1. The van der Waals surface area contributed by atoms with Gasteiger partial charge in [-0.05, 0) is 31.9 Å². The maximum atomic E-state index is 12.7. The Morgan fingerprint density at radius 2 is 2.38 bits per heavy atom. The third-order valence-corrected chi connectivity index (χ3v) is 5.10. The summed E-state index contributed by atoms with van der Waals surface area (Å²) in [6.45, 7) is 4.38. The van der Waals surface area contributed by atoms with Gasteiger partial charge in [0, 0.05) is 43.4 Å². The molecule has 1 aromatic carbocycles. The number of anilines is 1. The molecule has 3 rings (SSSR count). The number of aromatic nitrogens is 1. The first kappa shape index (κ1) is 18.8. The first-order chi connectivity index (χ1) is 12.7. The number of nitrogens with zero attached hydrogens (tertiary/aromatic N) is 2. The molecule has 2 aromatic rings. The zero-order valence-electron chi connectivity index (χ0n) is 15.2. The Bertz CT molecular complexity index is 728. The van der Waals surface area contributed by atoms with E-state index < -0.39 is 0 Å². The lowest BCUT2D eigenvalue weighted by molar-refractivity contribution is 0.0747. The number of thiazole rings is 1. The highest BCUT2D eigenvalue weighted by Crippen LogP contribution is 2.24. The smallest absolute Gasteiger partial charge is 0.322 e. The van der Waals surface area contributed by atoms with Crippen molar-refractivity contribution in [2.24, 2.45) is 0 Å². The van der Waals surface area contributed by atoms with Gasteiger partial charge in [0.05, 0.1) is 23.4 Å². The fourth-order valence-electron chi connectivity index (χ4n) is 2.97. The summed E-state index contributed by atoms with van der Waals surface area (Å²) in [5, 5.41) is 6.04. The van der Waals surface area contributed by atoms with Gasteiger partial charge in [-0.2, -0.15) is 0 Å². The Morgan fingerprint density at radius 3 is 3.08 bits per heavy atom.